The summed E-state index contributed by atoms with van der Waals surface area (Å²) < 4.78 is 0. The van der Waals surface area contributed by atoms with Crippen LogP contribution in [-0.4, -0.2) is 4.98 Å². The van der Waals surface area contributed by atoms with Crippen molar-refractivity contribution >= 4 is 11.8 Å². The summed E-state index contributed by atoms with van der Waals surface area (Å²) in [6.45, 7) is 11.6. The molecule has 1 heterocycles. The van der Waals surface area contributed by atoms with Gasteiger partial charge in [0.05, 0.1) is 0 Å². The van der Waals surface area contributed by atoms with Gasteiger partial charge in [0.2, 0.25) is 0 Å². The Hall–Kier alpha value is -1.31. The number of nitrogens with two attached hydrogens (primary N) is 1. The molecule has 0 saturated heterocycles. The van der Waals surface area contributed by atoms with Gasteiger partial charge in [-0.25, -0.2) is 0 Å². The molecule has 0 atom stereocenters. The van der Waals surface area contributed by atoms with Gasteiger partial charge in [-0.1, -0.05) is 40.3 Å². The van der Waals surface area contributed by atoms with Crippen molar-refractivity contribution in [3.05, 3.63) is 30.6 Å². The van der Waals surface area contributed by atoms with Crippen molar-refractivity contribution in [2.45, 2.75) is 27.7 Å². The van der Waals surface area contributed by atoms with Crippen LogP contribution in [0.4, 0.5) is 5.69 Å². The van der Waals surface area contributed by atoms with Crippen molar-refractivity contribution in [1.29, 1.82) is 0 Å². The smallest absolute Gasteiger partial charge is 0.0418 e. The maximum Gasteiger partial charge on any atom is 0.0418 e. The summed E-state index contributed by atoms with van der Waals surface area (Å²) in [6.07, 6.45) is 5.02. The average Bonchev–Trinajstić information content (AvgIpc) is 2.24. The minimum atomic E-state index is 0.722. The van der Waals surface area contributed by atoms with E-state index in [4.69, 9.17) is 5.73 Å². The van der Waals surface area contributed by atoms with Gasteiger partial charge in [0.15, 0.2) is 0 Å². The lowest BCUT2D eigenvalue weighted by Crippen LogP contribution is -1.88. The molecule has 0 aromatic carbocycles. The molecule has 0 bridgehead atoms. The Labute approximate surface area is 81.5 Å². The van der Waals surface area contributed by atoms with Gasteiger partial charge < -0.3 is 5.73 Å². The highest BCUT2D eigenvalue weighted by Gasteiger charge is 1.88. The Balaban J connectivity index is 0. The van der Waals surface area contributed by atoms with E-state index in [-0.39, 0.29) is 0 Å². The van der Waals surface area contributed by atoms with Gasteiger partial charge in [-0.05, 0) is 6.07 Å². The highest BCUT2D eigenvalue weighted by molar-refractivity contribution is 5.61. The first-order valence-electron chi connectivity index (χ1n) is 4.66. The van der Waals surface area contributed by atoms with Gasteiger partial charge in [0.25, 0.3) is 0 Å². The predicted molar refractivity (Wildman–Crippen MR) is 61.4 cm³/mol. The van der Waals surface area contributed by atoms with Crippen LogP contribution in [0.5, 0.6) is 0 Å². The number of anilines is 1. The lowest BCUT2D eigenvalue weighted by molar-refractivity contribution is 1.32. The van der Waals surface area contributed by atoms with Gasteiger partial charge in [-0.3, -0.25) is 4.98 Å². The monoisotopic (exact) mass is 180 g/mol. The van der Waals surface area contributed by atoms with E-state index in [0.717, 1.165) is 11.3 Å². The highest BCUT2D eigenvalue weighted by Crippen LogP contribution is 2.08. The van der Waals surface area contributed by atoms with Crippen molar-refractivity contribution in [3.8, 4) is 0 Å². The zero-order valence-corrected chi connectivity index (χ0v) is 9.04. The number of aromatic nitrogens is 1. The lowest BCUT2D eigenvalue weighted by atomic mass is 10.2. The van der Waals surface area contributed by atoms with Crippen molar-refractivity contribution in [1.82, 2.24) is 4.98 Å². The second-order valence-corrected chi connectivity index (χ2v) is 1.71. The van der Waals surface area contributed by atoms with Gasteiger partial charge in [0.1, 0.15) is 0 Å². The summed E-state index contributed by atoms with van der Waals surface area (Å²) in [7, 11) is 0. The van der Waals surface area contributed by atoms with E-state index in [1.54, 1.807) is 24.5 Å². The first kappa shape index (κ1) is 14.2. The summed E-state index contributed by atoms with van der Waals surface area (Å²) in [5.41, 5.74) is 7.13. The summed E-state index contributed by atoms with van der Waals surface area (Å²) in [5, 5.41) is 0. The summed E-state index contributed by atoms with van der Waals surface area (Å²) >= 11 is 0. The standard InChI is InChI=1S/C7H8N2.2C2H6/c1-2-6-5-9-4-3-7(6)8;2*1-2/h2-5H,1H2,(H2,8,9);2*1-2H3. The van der Waals surface area contributed by atoms with Crippen LogP contribution < -0.4 is 5.73 Å². The van der Waals surface area contributed by atoms with Crippen LogP contribution in [0, 0.1) is 0 Å². The Bertz CT molecular complexity index is 219. The number of hydrogen-bond acceptors (Lipinski definition) is 2. The molecule has 1 rings (SSSR count). The second kappa shape index (κ2) is 10.7. The first-order chi connectivity index (χ1) is 6.34. The van der Waals surface area contributed by atoms with E-state index in [0.29, 0.717) is 0 Å². The molecule has 0 saturated carbocycles. The number of nitrogens with zero attached hydrogens (tertiary/aromatic N) is 1. The first-order valence-corrected chi connectivity index (χ1v) is 4.66. The predicted octanol–water partition coefficient (Wildman–Crippen LogP) is 3.36. The second-order valence-electron chi connectivity index (χ2n) is 1.71. The van der Waals surface area contributed by atoms with Gasteiger partial charge >= 0.3 is 0 Å². The number of hydrogen-bond donors (Lipinski definition) is 1. The number of rotatable bonds is 1. The molecule has 0 aliphatic carbocycles. The minimum absolute atomic E-state index is 0.722. The Kier molecular flexibility index (Phi) is 11.7. The lowest BCUT2D eigenvalue weighted by Gasteiger charge is -1.94. The van der Waals surface area contributed by atoms with Gasteiger partial charge in [0, 0.05) is 23.6 Å². The molecule has 0 fully saturated rings. The molecule has 2 N–H and O–H groups in total. The topological polar surface area (TPSA) is 38.9 Å². The van der Waals surface area contributed by atoms with E-state index >= 15 is 0 Å². The van der Waals surface area contributed by atoms with E-state index in [1.165, 1.54) is 0 Å². The maximum absolute atomic E-state index is 5.52. The molecular formula is C11H20N2. The third-order valence-electron chi connectivity index (χ3n) is 1.11. The molecular weight excluding hydrogens is 160 g/mol. The highest BCUT2D eigenvalue weighted by atomic mass is 14.7. The number of nitrogen functional groups attached to an aromatic ring is 1. The van der Waals surface area contributed by atoms with Crippen LogP contribution in [0.1, 0.15) is 33.3 Å². The van der Waals surface area contributed by atoms with Crippen LogP contribution in [0.15, 0.2) is 25.0 Å². The summed E-state index contributed by atoms with van der Waals surface area (Å²) in [4.78, 5) is 3.87. The maximum atomic E-state index is 5.52. The van der Waals surface area contributed by atoms with Crippen LogP contribution in [0.25, 0.3) is 6.08 Å². The van der Waals surface area contributed by atoms with Crippen molar-refractivity contribution < 1.29 is 0 Å². The third-order valence-corrected chi connectivity index (χ3v) is 1.11. The Morgan fingerprint density at radius 3 is 2.15 bits per heavy atom. The fourth-order valence-electron chi connectivity index (χ4n) is 0.588. The van der Waals surface area contributed by atoms with Crippen LogP contribution >= 0.6 is 0 Å². The molecule has 1 aromatic heterocycles. The van der Waals surface area contributed by atoms with E-state index in [9.17, 15) is 0 Å². The molecule has 1 aromatic rings. The molecule has 13 heavy (non-hydrogen) atoms. The van der Waals surface area contributed by atoms with Crippen LogP contribution in [0.3, 0.4) is 0 Å². The quantitative estimate of drug-likeness (QED) is 0.719. The molecule has 74 valence electrons. The van der Waals surface area contributed by atoms with E-state index < -0.39 is 0 Å². The van der Waals surface area contributed by atoms with E-state index in [2.05, 4.69) is 11.6 Å². The SMILES string of the molecule is C=Cc1cnccc1N.CC.CC. The van der Waals surface area contributed by atoms with E-state index in [1.807, 2.05) is 27.7 Å². The van der Waals surface area contributed by atoms with Crippen molar-refractivity contribution in [3.63, 3.8) is 0 Å². The fraction of sp³-hybridized carbons (Fsp3) is 0.364. The largest absolute Gasteiger partial charge is 0.398 e. The molecule has 0 amide bonds. The molecule has 2 nitrogen and oxygen atoms in total. The molecule has 0 aliphatic heterocycles. The third kappa shape index (κ3) is 5.91. The van der Waals surface area contributed by atoms with Gasteiger partial charge in [-0.2, -0.15) is 0 Å². The summed E-state index contributed by atoms with van der Waals surface area (Å²) in [6, 6.07) is 1.75. The van der Waals surface area contributed by atoms with Crippen molar-refractivity contribution in [2.24, 2.45) is 0 Å². The molecule has 0 spiro atoms. The molecule has 2 heteroatoms. The average molecular weight is 180 g/mol. The molecule has 0 radical (unpaired) electrons. The zero-order chi connectivity index (χ0) is 10.7. The Morgan fingerprint density at radius 1 is 1.31 bits per heavy atom. The van der Waals surface area contributed by atoms with Crippen LogP contribution in [-0.2, 0) is 0 Å². The number of pyridine rings is 1. The van der Waals surface area contributed by atoms with Gasteiger partial charge in [-0.15, -0.1) is 0 Å². The molecule has 0 aliphatic rings. The Morgan fingerprint density at radius 2 is 1.85 bits per heavy atom. The zero-order valence-electron chi connectivity index (χ0n) is 9.04. The fourth-order valence-corrected chi connectivity index (χ4v) is 0.588. The normalized spacial score (nSPS) is 7.08. The molecule has 0 unspecified atom stereocenters. The van der Waals surface area contributed by atoms with Crippen molar-refractivity contribution in [2.75, 3.05) is 5.73 Å². The van der Waals surface area contributed by atoms with Crippen LogP contribution in [0.2, 0.25) is 0 Å². The summed E-state index contributed by atoms with van der Waals surface area (Å²) in [5.74, 6) is 0. The minimum Gasteiger partial charge on any atom is -0.398 e.